The molecule has 1 saturated carbocycles. The monoisotopic (exact) mass is 210 g/mol. The van der Waals surface area contributed by atoms with Crippen LogP contribution in [0.25, 0.3) is 0 Å². The Morgan fingerprint density at radius 2 is 2.00 bits per heavy atom. The van der Waals surface area contributed by atoms with E-state index in [0.717, 1.165) is 18.4 Å². The fraction of sp³-hybridized carbons (Fsp3) is 1.00. The third-order valence-corrected chi connectivity index (χ3v) is 4.36. The Balaban J connectivity index is 1.81. The first-order valence-electron chi connectivity index (χ1n) is 6.60. The van der Waals surface area contributed by atoms with Crippen LogP contribution in [0.1, 0.15) is 40.0 Å². The Morgan fingerprint density at radius 3 is 2.60 bits per heavy atom. The highest BCUT2D eigenvalue weighted by Gasteiger charge is 2.43. The van der Waals surface area contributed by atoms with Crippen LogP contribution in [0.5, 0.6) is 0 Å². The van der Waals surface area contributed by atoms with Gasteiger partial charge < -0.3 is 5.32 Å². The highest BCUT2D eigenvalue weighted by molar-refractivity contribution is 4.98. The Kier molecular flexibility index (Phi) is 3.36. The summed E-state index contributed by atoms with van der Waals surface area (Å²) in [6, 6.07) is 0. The molecule has 2 rings (SSSR count). The van der Waals surface area contributed by atoms with Crippen LogP contribution in [0.15, 0.2) is 0 Å². The molecular weight excluding hydrogens is 184 g/mol. The van der Waals surface area contributed by atoms with Gasteiger partial charge in [-0.2, -0.15) is 0 Å². The van der Waals surface area contributed by atoms with Crippen LogP contribution in [-0.4, -0.2) is 36.6 Å². The van der Waals surface area contributed by atoms with E-state index in [4.69, 9.17) is 0 Å². The molecule has 2 nitrogen and oxygen atoms in total. The Morgan fingerprint density at radius 1 is 1.27 bits per heavy atom. The average Bonchev–Trinajstić information content (AvgIpc) is 2.95. The fourth-order valence-electron chi connectivity index (χ4n) is 2.92. The maximum absolute atomic E-state index is 3.48. The smallest absolute Gasteiger partial charge is 0.0181 e. The van der Waals surface area contributed by atoms with Gasteiger partial charge in [0.2, 0.25) is 0 Å². The first kappa shape index (κ1) is 11.4. The quantitative estimate of drug-likeness (QED) is 0.747. The predicted octanol–water partition coefficient (Wildman–Crippen LogP) is 2.11. The van der Waals surface area contributed by atoms with Crippen LogP contribution in [0.4, 0.5) is 0 Å². The molecular formula is C13H26N2. The normalized spacial score (nSPS) is 28.6. The van der Waals surface area contributed by atoms with Gasteiger partial charge in [-0.15, -0.1) is 0 Å². The summed E-state index contributed by atoms with van der Waals surface area (Å²) >= 11 is 0. The molecule has 1 saturated heterocycles. The summed E-state index contributed by atoms with van der Waals surface area (Å²) in [4.78, 5) is 2.73. The zero-order valence-corrected chi connectivity index (χ0v) is 10.6. The Hall–Kier alpha value is -0.0800. The third-order valence-electron chi connectivity index (χ3n) is 4.36. The van der Waals surface area contributed by atoms with Crippen molar-refractivity contribution in [2.75, 3.05) is 26.2 Å². The lowest BCUT2D eigenvalue weighted by atomic mass is 9.96. The summed E-state index contributed by atoms with van der Waals surface area (Å²) in [5.74, 6) is 1.87. The lowest BCUT2D eigenvalue weighted by molar-refractivity contribution is 0.125. The first-order valence-corrected chi connectivity index (χ1v) is 6.60. The van der Waals surface area contributed by atoms with E-state index < -0.39 is 0 Å². The summed E-state index contributed by atoms with van der Waals surface area (Å²) in [6.07, 6.45) is 4.31. The Labute approximate surface area is 94.4 Å². The van der Waals surface area contributed by atoms with Crippen molar-refractivity contribution < 1.29 is 0 Å². The lowest BCUT2D eigenvalue weighted by Gasteiger charge is -2.36. The van der Waals surface area contributed by atoms with Crippen molar-refractivity contribution in [1.82, 2.24) is 10.2 Å². The number of rotatable bonds is 5. The minimum atomic E-state index is 0.473. The number of nitrogens with one attached hydrogen (secondary N) is 1. The summed E-state index contributed by atoms with van der Waals surface area (Å²) in [7, 11) is 0. The average molecular weight is 210 g/mol. The van der Waals surface area contributed by atoms with Crippen molar-refractivity contribution in [1.29, 1.82) is 0 Å². The van der Waals surface area contributed by atoms with Crippen molar-refractivity contribution in [3.63, 3.8) is 0 Å². The van der Waals surface area contributed by atoms with E-state index in [1.54, 1.807) is 0 Å². The van der Waals surface area contributed by atoms with Gasteiger partial charge in [0.05, 0.1) is 0 Å². The molecule has 1 unspecified atom stereocenters. The topological polar surface area (TPSA) is 15.3 Å². The molecule has 0 amide bonds. The van der Waals surface area contributed by atoms with E-state index in [0.29, 0.717) is 5.54 Å². The molecule has 0 radical (unpaired) electrons. The van der Waals surface area contributed by atoms with Crippen molar-refractivity contribution in [3.05, 3.63) is 0 Å². The number of hydrogen-bond donors (Lipinski definition) is 1. The Bertz CT molecular complexity index is 209. The van der Waals surface area contributed by atoms with Gasteiger partial charge >= 0.3 is 0 Å². The molecule has 0 aromatic heterocycles. The van der Waals surface area contributed by atoms with Gasteiger partial charge in [-0.25, -0.2) is 0 Å². The first-order chi connectivity index (χ1) is 7.14. The zero-order chi connectivity index (χ0) is 10.9. The molecule has 1 atom stereocenters. The summed E-state index contributed by atoms with van der Waals surface area (Å²) in [5, 5.41) is 3.48. The summed E-state index contributed by atoms with van der Waals surface area (Å²) in [6.45, 7) is 12.0. The summed E-state index contributed by atoms with van der Waals surface area (Å²) in [5.41, 5.74) is 0.473. The maximum atomic E-state index is 3.48. The molecule has 1 aliphatic heterocycles. The van der Waals surface area contributed by atoms with Crippen molar-refractivity contribution in [2.45, 2.75) is 45.6 Å². The number of likely N-dealkylation sites (tertiary alicyclic amines) is 1. The maximum Gasteiger partial charge on any atom is 0.0181 e. The van der Waals surface area contributed by atoms with E-state index >= 15 is 0 Å². The van der Waals surface area contributed by atoms with E-state index in [1.165, 1.54) is 38.9 Å². The van der Waals surface area contributed by atoms with Crippen LogP contribution in [0.3, 0.4) is 0 Å². The molecule has 88 valence electrons. The minimum Gasteiger partial charge on any atom is -0.317 e. The van der Waals surface area contributed by atoms with Crippen LogP contribution in [0, 0.1) is 11.8 Å². The molecule has 0 aromatic rings. The van der Waals surface area contributed by atoms with Gasteiger partial charge in [0.1, 0.15) is 0 Å². The van der Waals surface area contributed by atoms with Crippen LogP contribution in [-0.2, 0) is 0 Å². The molecule has 2 heteroatoms. The minimum absolute atomic E-state index is 0.473. The third kappa shape index (κ3) is 2.54. The largest absolute Gasteiger partial charge is 0.317 e. The van der Waals surface area contributed by atoms with E-state index in [-0.39, 0.29) is 0 Å². The predicted molar refractivity (Wildman–Crippen MR) is 65.0 cm³/mol. The molecule has 0 aromatic carbocycles. The van der Waals surface area contributed by atoms with E-state index in [2.05, 4.69) is 31.0 Å². The highest BCUT2D eigenvalue weighted by Crippen LogP contribution is 2.44. The van der Waals surface area contributed by atoms with Gasteiger partial charge in [-0.3, -0.25) is 4.90 Å². The van der Waals surface area contributed by atoms with Crippen LogP contribution in [0.2, 0.25) is 0 Å². The molecule has 2 aliphatic rings. The highest BCUT2D eigenvalue weighted by atomic mass is 15.2. The van der Waals surface area contributed by atoms with E-state index in [1.807, 2.05) is 0 Å². The second kappa shape index (κ2) is 4.42. The fourth-order valence-corrected chi connectivity index (χ4v) is 2.92. The van der Waals surface area contributed by atoms with Gasteiger partial charge in [0.25, 0.3) is 0 Å². The van der Waals surface area contributed by atoms with Crippen molar-refractivity contribution >= 4 is 0 Å². The van der Waals surface area contributed by atoms with Gasteiger partial charge in [-0.05, 0) is 64.6 Å². The lowest BCUT2D eigenvalue weighted by Crippen LogP contribution is -2.44. The standard InChI is InChI=1S/C13H26N2/c1-4-14-9-11-7-8-15(10-11)13(2,3)12-5-6-12/h11-12,14H,4-10H2,1-3H3. The van der Waals surface area contributed by atoms with E-state index in [9.17, 15) is 0 Å². The molecule has 1 heterocycles. The van der Waals surface area contributed by atoms with Gasteiger partial charge in [0, 0.05) is 12.1 Å². The molecule has 0 bridgehead atoms. The van der Waals surface area contributed by atoms with Crippen molar-refractivity contribution in [2.24, 2.45) is 11.8 Å². The SMILES string of the molecule is CCNCC1CCN(C(C)(C)C2CC2)C1. The molecule has 1 N–H and O–H groups in total. The summed E-state index contributed by atoms with van der Waals surface area (Å²) < 4.78 is 0. The zero-order valence-electron chi connectivity index (χ0n) is 10.6. The molecule has 0 spiro atoms. The molecule has 15 heavy (non-hydrogen) atoms. The van der Waals surface area contributed by atoms with Crippen molar-refractivity contribution in [3.8, 4) is 0 Å². The second-order valence-corrected chi connectivity index (χ2v) is 5.84. The molecule has 1 aliphatic carbocycles. The van der Waals surface area contributed by atoms with Gasteiger partial charge in [-0.1, -0.05) is 6.92 Å². The number of hydrogen-bond acceptors (Lipinski definition) is 2. The van der Waals surface area contributed by atoms with Gasteiger partial charge in [0.15, 0.2) is 0 Å². The van der Waals surface area contributed by atoms with Crippen LogP contribution < -0.4 is 5.32 Å². The molecule has 2 fully saturated rings. The second-order valence-electron chi connectivity index (χ2n) is 5.84. The van der Waals surface area contributed by atoms with Crippen LogP contribution >= 0.6 is 0 Å². The number of nitrogens with zero attached hydrogens (tertiary/aromatic N) is 1.